The van der Waals surface area contributed by atoms with E-state index in [-0.39, 0.29) is 4.90 Å². The van der Waals surface area contributed by atoms with Crippen LogP contribution in [-0.2, 0) is 16.6 Å². The third-order valence-electron chi connectivity index (χ3n) is 4.92. The summed E-state index contributed by atoms with van der Waals surface area (Å²) < 4.78 is 45.2. The molecule has 1 saturated heterocycles. The minimum absolute atomic E-state index is 0.104. The van der Waals surface area contributed by atoms with Gasteiger partial charge in [0.25, 0.3) is 0 Å². The van der Waals surface area contributed by atoms with Gasteiger partial charge in [0.1, 0.15) is 5.82 Å². The molecule has 2 aromatic carbocycles. The molecule has 0 unspecified atom stereocenters. The zero-order valence-electron chi connectivity index (χ0n) is 16.0. The van der Waals surface area contributed by atoms with Crippen molar-refractivity contribution in [3.63, 3.8) is 0 Å². The first-order valence-corrected chi connectivity index (χ1v) is 10.7. The normalized spacial score (nSPS) is 16.2. The van der Waals surface area contributed by atoms with E-state index in [1.54, 1.807) is 0 Å². The highest BCUT2D eigenvalue weighted by Gasteiger charge is 2.29. The molecule has 0 aliphatic carbocycles. The second kappa shape index (κ2) is 8.02. The molecule has 2 heterocycles. The van der Waals surface area contributed by atoms with Crippen molar-refractivity contribution in [3.8, 4) is 11.4 Å². The highest BCUT2D eigenvalue weighted by Crippen LogP contribution is 2.20. The Morgan fingerprint density at radius 2 is 1.66 bits per heavy atom. The van der Waals surface area contributed by atoms with Crippen LogP contribution in [0.2, 0.25) is 0 Å². The Morgan fingerprint density at radius 1 is 1.00 bits per heavy atom. The van der Waals surface area contributed by atoms with Gasteiger partial charge in [-0.05, 0) is 31.2 Å². The average molecular weight is 416 g/mol. The zero-order valence-corrected chi connectivity index (χ0v) is 16.8. The molecule has 1 aromatic heterocycles. The molecule has 1 fully saturated rings. The van der Waals surface area contributed by atoms with E-state index in [1.807, 2.05) is 31.2 Å². The van der Waals surface area contributed by atoms with Gasteiger partial charge in [0, 0.05) is 31.7 Å². The number of piperazine rings is 1. The summed E-state index contributed by atoms with van der Waals surface area (Å²) in [6, 6.07) is 12.8. The van der Waals surface area contributed by atoms with Gasteiger partial charge in [0.2, 0.25) is 21.7 Å². The fraction of sp³-hybridized carbons (Fsp3) is 0.300. The van der Waals surface area contributed by atoms with Crippen molar-refractivity contribution in [1.82, 2.24) is 19.3 Å². The largest absolute Gasteiger partial charge is 0.338 e. The van der Waals surface area contributed by atoms with Crippen LogP contribution >= 0.6 is 0 Å². The number of rotatable bonds is 5. The van der Waals surface area contributed by atoms with E-state index in [2.05, 4.69) is 15.0 Å². The molecule has 0 spiro atoms. The standard InChI is InChI=1S/C20H21FN4O3S/c1-15-2-4-16(5-3-15)20-22-19(28-23-20)14-24-10-12-25(13-11-24)29(26,27)18-8-6-17(21)7-9-18/h2-9H,10-14H2,1H3. The van der Waals surface area contributed by atoms with Crippen molar-refractivity contribution in [2.24, 2.45) is 0 Å². The lowest BCUT2D eigenvalue weighted by molar-refractivity contribution is 0.163. The van der Waals surface area contributed by atoms with Crippen molar-refractivity contribution in [2.45, 2.75) is 18.4 Å². The van der Waals surface area contributed by atoms with Crippen LogP contribution in [0, 0.1) is 12.7 Å². The summed E-state index contributed by atoms with van der Waals surface area (Å²) in [5, 5.41) is 4.03. The van der Waals surface area contributed by atoms with E-state index in [0.717, 1.165) is 23.3 Å². The molecular formula is C20H21FN4O3S. The molecule has 7 nitrogen and oxygen atoms in total. The number of hydrogen-bond acceptors (Lipinski definition) is 6. The van der Waals surface area contributed by atoms with Crippen molar-refractivity contribution >= 4 is 10.0 Å². The summed E-state index contributed by atoms with van der Waals surface area (Å²) in [6.45, 7) is 4.26. The number of nitrogens with zero attached hydrogens (tertiary/aromatic N) is 4. The molecule has 4 rings (SSSR count). The molecule has 9 heteroatoms. The predicted octanol–water partition coefficient (Wildman–Crippen LogP) is 2.69. The lowest BCUT2D eigenvalue weighted by Gasteiger charge is -2.33. The van der Waals surface area contributed by atoms with Crippen molar-refractivity contribution in [2.75, 3.05) is 26.2 Å². The highest BCUT2D eigenvalue weighted by molar-refractivity contribution is 7.89. The first kappa shape index (κ1) is 19.7. The van der Waals surface area contributed by atoms with E-state index in [1.165, 1.54) is 16.4 Å². The van der Waals surface area contributed by atoms with E-state index in [9.17, 15) is 12.8 Å². The molecule has 152 valence electrons. The van der Waals surface area contributed by atoms with Crippen LogP contribution in [-0.4, -0.2) is 53.9 Å². The van der Waals surface area contributed by atoms with Gasteiger partial charge in [-0.2, -0.15) is 9.29 Å². The second-order valence-corrected chi connectivity index (χ2v) is 8.95. The van der Waals surface area contributed by atoms with Crippen LogP contribution in [0.25, 0.3) is 11.4 Å². The Bertz CT molecular complexity index is 1070. The van der Waals surface area contributed by atoms with Gasteiger partial charge in [-0.15, -0.1) is 0 Å². The number of aromatic nitrogens is 2. The molecule has 0 atom stereocenters. The predicted molar refractivity (Wildman–Crippen MR) is 105 cm³/mol. The fourth-order valence-corrected chi connectivity index (χ4v) is 4.64. The molecular weight excluding hydrogens is 395 g/mol. The van der Waals surface area contributed by atoms with Gasteiger partial charge >= 0.3 is 0 Å². The number of aryl methyl sites for hydroxylation is 1. The Kier molecular flexibility index (Phi) is 5.44. The molecule has 0 radical (unpaired) electrons. The minimum Gasteiger partial charge on any atom is -0.338 e. The summed E-state index contributed by atoms with van der Waals surface area (Å²) in [7, 11) is -3.62. The molecule has 0 saturated carbocycles. The highest BCUT2D eigenvalue weighted by atomic mass is 32.2. The van der Waals surface area contributed by atoms with Crippen LogP contribution in [0.3, 0.4) is 0 Å². The van der Waals surface area contributed by atoms with Crippen molar-refractivity contribution in [3.05, 3.63) is 65.8 Å². The third kappa shape index (κ3) is 4.36. The molecule has 3 aromatic rings. The Morgan fingerprint density at radius 3 is 2.31 bits per heavy atom. The molecule has 29 heavy (non-hydrogen) atoms. The van der Waals surface area contributed by atoms with Crippen LogP contribution in [0.1, 0.15) is 11.5 Å². The maximum Gasteiger partial charge on any atom is 0.243 e. The van der Waals surface area contributed by atoms with Gasteiger partial charge < -0.3 is 4.52 Å². The molecule has 0 amide bonds. The van der Waals surface area contributed by atoms with Crippen LogP contribution in [0.4, 0.5) is 4.39 Å². The van der Waals surface area contributed by atoms with Crippen molar-refractivity contribution < 1.29 is 17.3 Å². The molecule has 0 N–H and O–H groups in total. The van der Waals surface area contributed by atoms with Gasteiger partial charge in [-0.3, -0.25) is 4.90 Å². The number of sulfonamides is 1. The molecule has 1 aliphatic heterocycles. The van der Waals surface area contributed by atoms with E-state index >= 15 is 0 Å². The third-order valence-corrected chi connectivity index (χ3v) is 6.83. The topological polar surface area (TPSA) is 79.5 Å². The summed E-state index contributed by atoms with van der Waals surface area (Å²) in [6.07, 6.45) is 0. The fourth-order valence-electron chi connectivity index (χ4n) is 3.21. The van der Waals surface area contributed by atoms with Crippen LogP contribution < -0.4 is 0 Å². The zero-order chi connectivity index (χ0) is 20.4. The lowest BCUT2D eigenvalue weighted by Crippen LogP contribution is -2.48. The first-order chi connectivity index (χ1) is 13.9. The lowest BCUT2D eigenvalue weighted by atomic mass is 10.1. The summed E-state index contributed by atoms with van der Waals surface area (Å²) >= 11 is 0. The number of benzene rings is 2. The number of halogens is 1. The van der Waals surface area contributed by atoms with Gasteiger partial charge in [0.05, 0.1) is 11.4 Å². The summed E-state index contributed by atoms with van der Waals surface area (Å²) in [4.78, 5) is 6.62. The second-order valence-electron chi connectivity index (χ2n) is 7.01. The minimum atomic E-state index is -3.62. The Labute approximate surface area is 168 Å². The summed E-state index contributed by atoms with van der Waals surface area (Å²) in [5.74, 6) is 0.575. The number of hydrogen-bond donors (Lipinski definition) is 0. The molecule has 0 bridgehead atoms. The van der Waals surface area contributed by atoms with Crippen LogP contribution in [0.5, 0.6) is 0 Å². The SMILES string of the molecule is Cc1ccc(-c2noc(CN3CCN(S(=O)(=O)c4ccc(F)cc4)CC3)n2)cc1. The van der Waals surface area contributed by atoms with Crippen LogP contribution in [0.15, 0.2) is 57.9 Å². The van der Waals surface area contributed by atoms with Gasteiger partial charge in [-0.1, -0.05) is 35.0 Å². The maximum absolute atomic E-state index is 13.1. The van der Waals surface area contributed by atoms with Crippen molar-refractivity contribution in [1.29, 1.82) is 0 Å². The average Bonchev–Trinajstić information content (AvgIpc) is 3.18. The van der Waals surface area contributed by atoms with Gasteiger partial charge in [0.15, 0.2) is 0 Å². The monoisotopic (exact) mass is 416 g/mol. The smallest absolute Gasteiger partial charge is 0.243 e. The first-order valence-electron chi connectivity index (χ1n) is 9.29. The van der Waals surface area contributed by atoms with E-state index in [0.29, 0.717) is 44.4 Å². The summed E-state index contributed by atoms with van der Waals surface area (Å²) in [5.41, 5.74) is 2.05. The van der Waals surface area contributed by atoms with Gasteiger partial charge in [-0.25, -0.2) is 12.8 Å². The molecule has 1 aliphatic rings. The Hall–Kier alpha value is -2.62. The quantitative estimate of drug-likeness (QED) is 0.636. The van der Waals surface area contributed by atoms with E-state index < -0.39 is 15.8 Å². The van der Waals surface area contributed by atoms with E-state index in [4.69, 9.17) is 4.52 Å². The Balaban J connectivity index is 1.37. The maximum atomic E-state index is 13.1.